The minimum Gasteiger partial charge on any atom is -0.382 e. The molecule has 0 atom stereocenters. The third kappa shape index (κ3) is 5.92. The van der Waals surface area contributed by atoms with E-state index in [4.69, 9.17) is 9.47 Å². The molecular formula is C6H13O2. The van der Waals surface area contributed by atoms with Crippen molar-refractivity contribution >= 4 is 0 Å². The Hall–Kier alpha value is -0.0800. The van der Waals surface area contributed by atoms with Crippen molar-refractivity contribution in [3.63, 3.8) is 0 Å². The summed E-state index contributed by atoms with van der Waals surface area (Å²) in [4.78, 5) is 0. The fraction of sp³-hybridized carbons (Fsp3) is 0.833. The largest absolute Gasteiger partial charge is 0.382 e. The summed E-state index contributed by atoms with van der Waals surface area (Å²) in [7, 11) is 1.66. The average Bonchev–Trinajstić information content (AvgIpc) is 1.81. The van der Waals surface area contributed by atoms with Crippen LogP contribution in [0.5, 0.6) is 0 Å². The summed E-state index contributed by atoms with van der Waals surface area (Å²) in [6.45, 7) is 5.16. The summed E-state index contributed by atoms with van der Waals surface area (Å²) in [5.41, 5.74) is 0. The van der Waals surface area contributed by atoms with Gasteiger partial charge in [0.2, 0.25) is 0 Å². The molecule has 0 spiro atoms. The first kappa shape index (κ1) is 7.92. The molecule has 0 N–H and O–H groups in total. The quantitative estimate of drug-likeness (QED) is 0.504. The normalized spacial score (nSPS) is 9.75. The highest BCUT2D eigenvalue weighted by molar-refractivity contribution is 4.42. The van der Waals surface area contributed by atoms with Gasteiger partial charge in [0.1, 0.15) is 0 Å². The van der Waals surface area contributed by atoms with E-state index in [1.54, 1.807) is 13.7 Å². The van der Waals surface area contributed by atoms with Crippen LogP contribution < -0.4 is 0 Å². The first-order valence-electron chi connectivity index (χ1n) is 2.84. The predicted octanol–water partition coefficient (Wildman–Crippen LogP) is 1.22. The van der Waals surface area contributed by atoms with E-state index in [1.165, 1.54) is 0 Å². The van der Waals surface area contributed by atoms with E-state index in [0.29, 0.717) is 13.2 Å². The molecular weight excluding hydrogens is 104 g/mol. The van der Waals surface area contributed by atoms with E-state index in [9.17, 15) is 0 Å². The van der Waals surface area contributed by atoms with Gasteiger partial charge in [0.05, 0.1) is 19.8 Å². The van der Waals surface area contributed by atoms with Gasteiger partial charge < -0.3 is 9.47 Å². The highest BCUT2D eigenvalue weighted by Crippen LogP contribution is 1.85. The maximum absolute atomic E-state index is 4.97. The van der Waals surface area contributed by atoms with Gasteiger partial charge in [-0.2, -0.15) is 0 Å². The van der Waals surface area contributed by atoms with Gasteiger partial charge in [0, 0.05) is 7.11 Å². The molecule has 0 aliphatic heterocycles. The molecule has 0 amide bonds. The van der Waals surface area contributed by atoms with Gasteiger partial charge in [-0.1, -0.05) is 6.92 Å². The predicted molar refractivity (Wildman–Crippen MR) is 32.4 cm³/mol. The van der Waals surface area contributed by atoms with E-state index >= 15 is 0 Å². The van der Waals surface area contributed by atoms with E-state index in [0.717, 1.165) is 6.42 Å². The van der Waals surface area contributed by atoms with Crippen LogP contribution in [-0.4, -0.2) is 20.3 Å². The fourth-order valence-electron chi connectivity index (χ4n) is 0.333. The zero-order valence-electron chi connectivity index (χ0n) is 5.52. The van der Waals surface area contributed by atoms with E-state index in [-0.39, 0.29) is 0 Å². The highest BCUT2D eigenvalue weighted by atomic mass is 16.5. The van der Waals surface area contributed by atoms with Gasteiger partial charge in [-0.3, -0.25) is 0 Å². The molecule has 8 heavy (non-hydrogen) atoms. The van der Waals surface area contributed by atoms with Crippen molar-refractivity contribution in [2.45, 2.75) is 13.3 Å². The molecule has 0 rings (SSSR count). The first-order valence-corrected chi connectivity index (χ1v) is 2.84. The molecule has 1 radical (unpaired) electrons. The van der Waals surface area contributed by atoms with Gasteiger partial charge >= 0.3 is 0 Å². The van der Waals surface area contributed by atoms with Crippen molar-refractivity contribution in [3.8, 4) is 0 Å². The minimum absolute atomic E-state index is 0.671. The number of methoxy groups -OCH3 is 1. The average molecular weight is 117 g/mol. The van der Waals surface area contributed by atoms with Crippen molar-refractivity contribution < 1.29 is 9.47 Å². The van der Waals surface area contributed by atoms with Gasteiger partial charge in [0.15, 0.2) is 0 Å². The third-order valence-electron chi connectivity index (χ3n) is 0.690. The Kier molecular flexibility index (Phi) is 6.85. The first-order chi connectivity index (χ1) is 3.91. The lowest BCUT2D eigenvalue weighted by atomic mass is 10.5. The van der Waals surface area contributed by atoms with Gasteiger partial charge in [-0.15, -0.1) is 0 Å². The lowest BCUT2D eigenvalue weighted by Crippen LogP contribution is -1.98. The van der Waals surface area contributed by atoms with Crippen molar-refractivity contribution in [1.29, 1.82) is 0 Å². The number of ether oxygens (including phenoxy) is 2. The molecule has 2 heteroatoms. The molecule has 49 valence electrons. The Morgan fingerprint density at radius 3 is 2.62 bits per heavy atom. The molecule has 0 heterocycles. The molecule has 0 aromatic carbocycles. The summed E-state index contributed by atoms with van der Waals surface area (Å²) in [5.74, 6) is 0. The molecule has 0 aliphatic carbocycles. The fourth-order valence-corrected chi connectivity index (χ4v) is 0.333. The summed E-state index contributed by atoms with van der Waals surface area (Å²) < 4.78 is 9.72. The molecule has 0 unspecified atom stereocenters. The Morgan fingerprint density at radius 2 is 2.12 bits per heavy atom. The third-order valence-corrected chi connectivity index (χ3v) is 0.690. The second kappa shape index (κ2) is 6.92. The zero-order chi connectivity index (χ0) is 6.24. The zero-order valence-corrected chi connectivity index (χ0v) is 5.52. The number of hydrogen-bond donors (Lipinski definition) is 0. The van der Waals surface area contributed by atoms with Crippen molar-refractivity contribution in [2.24, 2.45) is 0 Å². The summed E-state index contributed by atoms with van der Waals surface area (Å²) in [6, 6.07) is 0. The summed E-state index contributed by atoms with van der Waals surface area (Å²) in [5, 5.41) is 0. The van der Waals surface area contributed by atoms with Crippen LogP contribution in [0.4, 0.5) is 0 Å². The van der Waals surface area contributed by atoms with Crippen molar-refractivity contribution in [3.05, 3.63) is 6.61 Å². The smallest absolute Gasteiger partial charge is 0.0835 e. The van der Waals surface area contributed by atoms with Crippen LogP contribution in [0.15, 0.2) is 0 Å². The van der Waals surface area contributed by atoms with Crippen LogP contribution in [0.25, 0.3) is 0 Å². The second-order valence-electron chi connectivity index (χ2n) is 1.44. The summed E-state index contributed by atoms with van der Waals surface area (Å²) in [6.07, 6.45) is 0.962. The van der Waals surface area contributed by atoms with Crippen LogP contribution in [0.1, 0.15) is 13.3 Å². The Morgan fingerprint density at radius 1 is 1.38 bits per heavy atom. The van der Waals surface area contributed by atoms with Gasteiger partial charge in [-0.05, 0) is 6.42 Å². The minimum atomic E-state index is 0.671. The van der Waals surface area contributed by atoms with Crippen LogP contribution >= 0.6 is 0 Å². The number of rotatable bonds is 5. The highest BCUT2D eigenvalue weighted by Gasteiger charge is 1.82. The van der Waals surface area contributed by atoms with Gasteiger partial charge in [0.25, 0.3) is 0 Å². The standard InChI is InChI=1S/C6H13O2/c1-3-4-8-6-5-7-2/h4H,3,5-6H2,1-2H3. The van der Waals surface area contributed by atoms with Crippen molar-refractivity contribution in [1.82, 2.24) is 0 Å². The molecule has 0 saturated heterocycles. The Labute approximate surface area is 50.8 Å². The lowest BCUT2D eigenvalue weighted by molar-refractivity contribution is 0.102. The molecule has 2 nitrogen and oxygen atoms in total. The van der Waals surface area contributed by atoms with Crippen LogP contribution in [-0.2, 0) is 9.47 Å². The molecule has 0 saturated carbocycles. The van der Waals surface area contributed by atoms with Crippen molar-refractivity contribution in [2.75, 3.05) is 20.3 Å². The van der Waals surface area contributed by atoms with E-state index in [1.807, 2.05) is 6.92 Å². The maximum Gasteiger partial charge on any atom is 0.0835 e. The maximum atomic E-state index is 4.97. The van der Waals surface area contributed by atoms with Gasteiger partial charge in [-0.25, -0.2) is 0 Å². The molecule has 0 aliphatic rings. The summed E-state index contributed by atoms with van der Waals surface area (Å²) >= 11 is 0. The molecule has 0 aromatic rings. The molecule has 0 aromatic heterocycles. The molecule has 0 fully saturated rings. The van der Waals surface area contributed by atoms with Crippen LogP contribution in [0.3, 0.4) is 0 Å². The Bertz CT molecular complexity index is 31.5. The topological polar surface area (TPSA) is 18.5 Å². The Balaban J connectivity index is 2.53. The van der Waals surface area contributed by atoms with Crippen LogP contribution in [0, 0.1) is 6.61 Å². The van der Waals surface area contributed by atoms with E-state index in [2.05, 4.69) is 0 Å². The second-order valence-corrected chi connectivity index (χ2v) is 1.44. The lowest BCUT2D eigenvalue weighted by Gasteiger charge is -1.97. The SMILES string of the molecule is CC[CH]OCCOC. The molecule has 0 bridgehead atoms. The van der Waals surface area contributed by atoms with Crippen LogP contribution in [0.2, 0.25) is 0 Å². The monoisotopic (exact) mass is 117 g/mol. The van der Waals surface area contributed by atoms with E-state index < -0.39 is 0 Å². The number of hydrogen-bond acceptors (Lipinski definition) is 2.